The minimum absolute atomic E-state index is 0.107. The molecule has 5 heteroatoms. The third kappa shape index (κ3) is 4.63. The SMILES string of the molecule is CC1CCN(CCNc2nccnc2OC(C)C)CC1. The van der Waals surface area contributed by atoms with E-state index in [0.29, 0.717) is 5.88 Å². The Kier molecular flexibility index (Phi) is 5.59. The van der Waals surface area contributed by atoms with Crippen LogP contribution in [0.15, 0.2) is 12.4 Å². The van der Waals surface area contributed by atoms with E-state index in [4.69, 9.17) is 4.74 Å². The molecule has 0 bridgehead atoms. The van der Waals surface area contributed by atoms with E-state index in [1.54, 1.807) is 12.4 Å². The highest BCUT2D eigenvalue weighted by atomic mass is 16.5. The molecule has 1 saturated heterocycles. The highest BCUT2D eigenvalue weighted by molar-refractivity contribution is 5.44. The molecule has 1 aliphatic rings. The lowest BCUT2D eigenvalue weighted by atomic mass is 9.99. The van der Waals surface area contributed by atoms with Crippen LogP contribution in [0.2, 0.25) is 0 Å². The molecule has 20 heavy (non-hydrogen) atoms. The van der Waals surface area contributed by atoms with Gasteiger partial charge < -0.3 is 15.0 Å². The average molecular weight is 278 g/mol. The van der Waals surface area contributed by atoms with Crippen LogP contribution in [0, 0.1) is 5.92 Å². The smallest absolute Gasteiger partial charge is 0.257 e. The number of nitrogens with zero attached hydrogens (tertiary/aromatic N) is 3. The number of anilines is 1. The van der Waals surface area contributed by atoms with Gasteiger partial charge in [-0.15, -0.1) is 0 Å². The summed E-state index contributed by atoms with van der Waals surface area (Å²) in [6, 6.07) is 0. The predicted octanol–water partition coefficient (Wildman–Crippen LogP) is 2.41. The molecular formula is C15H26N4O. The van der Waals surface area contributed by atoms with Crippen LogP contribution in [0.5, 0.6) is 5.88 Å². The molecule has 0 unspecified atom stereocenters. The fourth-order valence-corrected chi connectivity index (χ4v) is 2.37. The largest absolute Gasteiger partial charge is 0.472 e. The van der Waals surface area contributed by atoms with E-state index in [-0.39, 0.29) is 6.10 Å². The first-order valence-electron chi connectivity index (χ1n) is 7.59. The number of hydrogen-bond donors (Lipinski definition) is 1. The first kappa shape index (κ1) is 15.0. The topological polar surface area (TPSA) is 50.3 Å². The number of aromatic nitrogens is 2. The lowest BCUT2D eigenvalue weighted by molar-refractivity contribution is 0.198. The molecule has 1 fully saturated rings. The number of likely N-dealkylation sites (tertiary alicyclic amines) is 1. The van der Waals surface area contributed by atoms with E-state index < -0.39 is 0 Å². The predicted molar refractivity (Wildman–Crippen MR) is 81.1 cm³/mol. The molecule has 0 spiro atoms. The fraction of sp³-hybridized carbons (Fsp3) is 0.733. The summed E-state index contributed by atoms with van der Waals surface area (Å²) >= 11 is 0. The number of ether oxygens (including phenoxy) is 1. The zero-order valence-electron chi connectivity index (χ0n) is 12.8. The zero-order valence-corrected chi connectivity index (χ0v) is 12.8. The third-order valence-corrected chi connectivity index (χ3v) is 3.61. The summed E-state index contributed by atoms with van der Waals surface area (Å²) in [6.45, 7) is 10.7. The molecule has 112 valence electrons. The van der Waals surface area contributed by atoms with Crippen molar-refractivity contribution in [3.05, 3.63) is 12.4 Å². The monoisotopic (exact) mass is 278 g/mol. The second kappa shape index (κ2) is 7.43. The van der Waals surface area contributed by atoms with Crippen molar-refractivity contribution >= 4 is 5.82 Å². The van der Waals surface area contributed by atoms with Gasteiger partial charge in [0.25, 0.3) is 5.88 Å². The highest BCUT2D eigenvalue weighted by Crippen LogP contribution is 2.19. The maximum Gasteiger partial charge on any atom is 0.257 e. The van der Waals surface area contributed by atoms with Crippen LogP contribution < -0.4 is 10.1 Å². The molecule has 0 radical (unpaired) electrons. The Balaban J connectivity index is 1.79. The lowest BCUT2D eigenvalue weighted by Crippen LogP contribution is -2.36. The van der Waals surface area contributed by atoms with Gasteiger partial charge in [-0.1, -0.05) is 6.92 Å². The Labute approximate surface area is 121 Å². The number of hydrogen-bond acceptors (Lipinski definition) is 5. The minimum atomic E-state index is 0.107. The van der Waals surface area contributed by atoms with Gasteiger partial charge in [0.05, 0.1) is 6.10 Å². The van der Waals surface area contributed by atoms with E-state index in [2.05, 4.69) is 27.1 Å². The molecule has 0 aromatic carbocycles. The summed E-state index contributed by atoms with van der Waals surface area (Å²) in [5.74, 6) is 2.21. The quantitative estimate of drug-likeness (QED) is 0.866. The van der Waals surface area contributed by atoms with E-state index in [9.17, 15) is 0 Å². The number of nitrogens with one attached hydrogen (secondary N) is 1. The molecule has 0 atom stereocenters. The van der Waals surface area contributed by atoms with Crippen molar-refractivity contribution in [2.45, 2.75) is 39.7 Å². The van der Waals surface area contributed by atoms with E-state index in [1.807, 2.05) is 13.8 Å². The van der Waals surface area contributed by atoms with Gasteiger partial charge in [-0.3, -0.25) is 0 Å². The van der Waals surface area contributed by atoms with Crippen molar-refractivity contribution in [3.63, 3.8) is 0 Å². The Morgan fingerprint density at radius 3 is 2.70 bits per heavy atom. The maximum atomic E-state index is 5.65. The molecule has 1 aromatic heterocycles. The van der Waals surface area contributed by atoms with Crippen molar-refractivity contribution in [2.24, 2.45) is 5.92 Å². The van der Waals surface area contributed by atoms with Gasteiger partial charge in [0, 0.05) is 25.5 Å². The minimum Gasteiger partial charge on any atom is -0.472 e. The van der Waals surface area contributed by atoms with Crippen LogP contribution >= 0.6 is 0 Å². The first-order chi connectivity index (χ1) is 9.65. The van der Waals surface area contributed by atoms with Crippen molar-refractivity contribution in [2.75, 3.05) is 31.5 Å². The molecule has 0 saturated carbocycles. The Bertz CT molecular complexity index is 403. The summed E-state index contributed by atoms with van der Waals surface area (Å²) in [5, 5.41) is 3.34. The fourth-order valence-electron chi connectivity index (χ4n) is 2.37. The van der Waals surface area contributed by atoms with Crippen LogP contribution in [0.1, 0.15) is 33.6 Å². The summed E-state index contributed by atoms with van der Waals surface area (Å²) in [7, 11) is 0. The van der Waals surface area contributed by atoms with E-state index >= 15 is 0 Å². The molecule has 0 aliphatic carbocycles. The second-order valence-electron chi connectivity index (χ2n) is 5.83. The van der Waals surface area contributed by atoms with Gasteiger partial charge in [-0.2, -0.15) is 0 Å². The zero-order chi connectivity index (χ0) is 14.4. The van der Waals surface area contributed by atoms with Gasteiger partial charge in [0.1, 0.15) is 0 Å². The molecule has 1 aromatic rings. The van der Waals surface area contributed by atoms with Gasteiger partial charge in [0.2, 0.25) is 0 Å². The molecule has 1 aliphatic heterocycles. The molecule has 0 amide bonds. The van der Waals surface area contributed by atoms with E-state index in [0.717, 1.165) is 24.8 Å². The van der Waals surface area contributed by atoms with Crippen molar-refractivity contribution in [3.8, 4) is 5.88 Å². The molecule has 2 heterocycles. The van der Waals surface area contributed by atoms with E-state index in [1.165, 1.54) is 25.9 Å². The Hall–Kier alpha value is -1.36. The summed E-state index contributed by atoms with van der Waals surface area (Å²) in [4.78, 5) is 11.0. The van der Waals surface area contributed by atoms with Gasteiger partial charge >= 0.3 is 0 Å². The third-order valence-electron chi connectivity index (χ3n) is 3.61. The maximum absolute atomic E-state index is 5.65. The van der Waals surface area contributed by atoms with Gasteiger partial charge in [-0.05, 0) is 45.7 Å². The lowest BCUT2D eigenvalue weighted by Gasteiger charge is -2.30. The van der Waals surface area contributed by atoms with Crippen molar-refractivity contribution in [1.29, 1.82) is 0 Å². The first-order valence-corrected chi connectivity index (χ1v) is 7.59. The number of piperidine rings is 1. The molecular weight excluding hydrogens is 252 g/mol. The summed E-state index contributed by atoms with van der Waals surface area (Å²) in [6.07, 6.45) is 6.09. The molecule has 1 N–H and O–H groups in total. The molecule has 2 rings (SSSR count). The Morgan fingerprint density at radius 1 is 1.30 bits per heavy atom. The van der Waals surface area contributed by atoms with Crippen LogP contribution in [0.25, 0.3) is 0 Å². The van der Waals surface area contributed by atoms with Crippen LogP contribution in [0.4, 0.5) is 5.82 Å². The number of rotatable bonds is 6. The van der Waals surface area contributed by atoms with Crippen molar-refractivity contribution < 1.29 is 4.74 Å². The van der Waals surface area contributed by atoms with Crippen LogP contribution in [-0.2, 0) is 0 Å². The second-order valence-corrected chi connectivity index (χ2v) is 5.83. The van der Waals surface area contributed by atoms with Crippen molar-refractivity contribution in [1.82, 2.24) is 14.9 Å². The highest BCUT2D eigenvalue weighted by Gasteiger charge is 2.15. The van der Waals surface area contributed by atoms with Gasteiger partial charge in [0.15, 0.2) is 5.82 Å². The average Bonchev–Trinajstić information content (AvgIpc) is 2.42. The van der Waals surface area contributed by atoms with Gasteiger partial charge in [-0.25, -0.2) is 9.97 Å². The van der Waals surface area contributed by atoms with Crippen LogP contribution in [0.3, 0.4) is 0 Å². The standard InChI is InChI=1S/C15H26N4O/c1-12(2)20-15-14(16-6-7-18-15)17-8-11-19-9-4-13(3)5-10-19/h6-7,12-13H,4-5,8-11H2,1-3H3,(H,16,17). The summed E-state index contributed by atoms with van der Waals surface area (Å²) < 4.78 is 5.65. The summed E-state index contributed by atoms with van der Waals surface area (Å²) in [5.41, 5.74) is 0. The van der Waals surface area contributed by atoms with Crippen LogP contribution in [-0.4, -0.2) is 47.2 Å². The molecule has 5 nitrogen and oxygen atoms in total. The Morgan fingerprint density at radius 2 is 2.00 bits per heavy atom. The normalized spacial score (nSPS) is 17.4.